The molecule has 3 heteroatoms. The first kappa shape index (κ1) is 12.3. The highest BCUT2D eigenvalue weighted by Gasteiger charge is 2.13. The van der Waals surface area contributed by atoms with Gasteiger partial charge < -0.3 is 0 Å². The van der Waals surface area contributed by atoms with Gasteiger partial charge in [0, 0.05) is 5.69 Å². The summed E-state index contributed by atoms with van der Waals surface area (Å²) in [4.78, 5) is 12.9. The zero-order chi connectivity index (χ0) is 13.1. The molecule has 0 spiro atoms. The number of rotatable bonds is 3. The maximum absolute atomic E-state index is 12.9. The Morgan fingerprint density at radius 1 is 1.00 bits per heavy atom. The van der Waals surface area contributed by atoms with Gasteiger partial charge in [-0.25, -0.2) is 4.39 Å². The molecule has 1 amide bonds. The van der Waals surface area contributed by atoms with E-state index in [1.807, 2.05) is 32.0 Å². The molecule has 0 N–H and O–H groups in total. The summed E-state index contributed by atoms with van der Waals surface area (Å²) < 4.78 is 12.9. The molecule has 0 atom stereocenters. The Morgan fingerprint density at radius 2 is 1.56 bits per heavy atom. The third-order valence-electron chi connectivity index (χ3n) is 2.89. The second-order valence-electron chi connectivity index (χ2n) is 4.19. The normalized spacial score (nSPS) is 10.2. The van der Waals surface area contributed by atoms with E-state index in [4.69, 9.17) is 0 Å². The molecule has 0 aliphatic rings. The lowest BCUT2D eigenvalue weighted by Gasteiger charge is -2.22. The van der Waals surface area contributed by atoms with Gasteiger partial charge in [0.2, 0.25) is 6.41 Å². The summed E-state index contributed by atoms with van der Waals surface area (Å²) in [7, 11) is 0. The van der Waals surface area contributed by atoms with Crippen LogP contribution in [-0.4, -0.2) is 6.41 Å². The highest BCUT2D eigenvalue weighted by molar-refractivity contribution is 5.88. The Morgan fingerprint density at radius 3 is 2.06 bits per heavy atom. The van der Waals surface area contributed by atoms with Crippen molar-refractivity contribution in [2.24, 2.45) is 0 Å². The molecule has 0 fully saturated rings. The van der Waals surface area contributed by atoms with Crippen LogP contribution in [0.3, 0.4) is 0 Å². The van der Waals surface area contributed by atoms with Gasteiger partial charge >= 0.3 is 0 Å². The van der Waals surface area contributed by atoms with E-state index >= 15 is 0 Å². The predicted octanol–water partition coefficient (Wildman–Crippen LogP) is 3.74. The SMILES string of the molecule is Cc1cccc(C)c1N(C=O)c1ccc(F)cc1. The lowest BCUT2D eigenvalue weighted by atomic mass is 10.1. The Bertz CT molecular complexity index is 543. The number of para-hydroxylation sites is 1. The topological polar surface area (TPSA) is 20.3 Å². The number of aryl methyl sites for hydroxylation is 2. The molecule has 0 saturated carbocycles. The van der Waals surface area contributed by atoms with Crippen molar-refractivity contribution >= 4 is 17.8 Å². The summed E-state index contributed by atoms with van der Waals surface area (Å²) >= 11 is 0. The van der Waals surface area contributed by atoms with Crippen LogP contribution in [0.1, 0.15) is 11.1 Å². The lowest BCUT2D eigenvalue weighted by molar-refractivity contribution is -0.106. The minimum atomic E-state index is -0.314. The maximum Gasteiger partial charge on any atom is 0.218 e. The first-order chi connectivity index (χ1) is 8.63. The third kappa shape index (κ3) is 2.25. The van der Waals surface area contributed by atoms with E-state index in [-0.39, 0.29) is 5.82 Å². The van der Waals surface area contributed by atoms with Crippen LogP contribution in [0.4, 0.5) is 15.8 Å². The molecule has 92 valence electrons. The van der Waals surface area contributed by atoms with Crippen molar-refractivity contribution in [3.63, 3.8) is 0 Å². The van der Waals surface area contributed by atoms with Crippen LogP contribution in [0.15, 0.2) is 42.5 Å². The van der Waals surface area contributed by atoms with E-state index in [2.05, 4.69) is 0 Å². The molecule has 2 nitrogen and oxygen atoms in total. The summed E-state index contributed by atoms with van der Waals surface area (Å²) in [5, 5.41) is 0. The Hall–Kier alpha value is -2.16. The van der Waals surface area contributed by atoms with Crippen LogP contribution in [0.25, 0.3) is 0 Å². The molecule has 0 aliphatic carbocycles. The van der Waals surface area contributed by atoms with Crippen molar-refractivity contribution in [1.82, 2.24) is 0 Å². The molecule has 2 aromatic carbocycles. The monoisotopic (exact) mass is 243 g/mol. The van der Waals surface area contributed by atoms with Gasteiger partial charge in [0.25, 0.3) is 0 Å². The molecule has 0 aromatic heterocycles. The molecule has 2 rings (SSSR count). The molecule has 18 heavy (non-hydrogen) atoms. The summed E-state index contributed by atoms with van der Waals surface area (Å²) in [6.07, 6.45) is 0.753. The van der Waals surface area contributed by atoms with Crippen molar-refractivity contribution in [3.05, 3.63) is 59.4 Å². The fraction of sp³-hybridized carbons (Fsp3) is 0.133. The van der Waals surface area contributed by atoms with Crippen molar-refractivity contribution in [2.75, 3.05) is 4.90 Å². The van der Waals surface area contributed by atoms with Crippen LogP contribution in [0.5, 0.6) is 0 Å². The van der Waals surface area contributed by atoms with E-state index < -0.39 is 0 Å². The van der Waals surface area contributed by atoms with E-state index in [1.165, 1.54) is 17.0 Å². The van der Waals surface area contributed by atoms with Gasteiger partial charge in [-0.3, -0.25) is 9.69 Å². The van der Waals surface area contributed by atoms with E-state index in [9.17, 15) is 9.18 Å². The van der Waals surface area contributed by atoms with Gasteiger partial charge in [-0.1, -0.05) is 18.2 Å². The van der Waals surface area contributed by atoms with Crippen molar-refractivity contribution < 1.29 is 9.18 Å². The van der Waals surface area contributed by atoms with E-state index in [0.717, 1.165) is 23.2 Å². The van der Waals surface area contributed by atoms with Gasteiger partial charge in [0.05, 0.1) is 5.69 Å². The highest BCUT2D eigenvalue weighted by Crippen LogP contribution is 2.30. The number of anilines is 2. The molecule has 0 unspecified atom stereocenters. The fourth-order valence-corrected chi connectivity index (χ4v) is 2.03. The summed E-state index contributed by atoms with van der Waals surface area (Å²) in [6.45, 7) is 3.89. The van der Waals surface area contributed by atoms with Gasteiger partial charge in [-0.2, -0.15) is 0 Å². The molecular weight excluding hydrogens is 229 g/mol. The molecule has 0 aliphatic heterocycles. The zero-order valence-electron chi connectivity index (χ0n) is 10.4. The van der Waals surface area contributed by atoms with E-state index in [0.29, 0.717) is 5.69 Å². The molecule has 0 radical (unpaired) electrons. The average molecular weight is 243 g/mol. The summed E-state index contributed by atoms with van der Waals surface area (Å²) in [6, 6.07) is 11.7. The van der Waals surface area contributed by atoms with Crippen molar-refractivity contribution in [3.8, 4) is 0 Å². The zero-order valence-corrected chi connectivity index (χ0v) is 10.4. The number of hydrogen-bond donors (Lipinski definition) is 0. The minimum absolute atomic E-state index is 0.314. The summed E-state index contributed by atoms with van der Waals surface area (Å²) in [5.74, 6) is -0.314. The van der Waals surface area contributed by atoms with Crippen molar-refractivity contribution in [1.29, 1.82) is 0 Å². The second kappa shape index (κ2) is 5.00. The number of nitrogens with zero attached hydrogens (tertiary/aromatic N) is 1. The van der Waals surface area contributed by atoms with Gasteiger partial charge in [-0.15, -0.1) is 0 Å². The number of carbonyl (C=O) groups is 1. The highest BCUT2D eigenvalue weighted by atomic mass is 19.1. The fourth-order valence-electron chi connectivity index (χ4n) is 2.03. The van der Waals surface area contributed by atoms with Crippen LogP contribution < -0.4 is 4.90 Å². The molecule has 2 aromatic rings. The number of hydrogen-bond acceptors (Lipinski definition) is 1. The minimum Gasteiger partial charge on any atom is -0.283 e. The Kier molecular flexibility index (Phi) is 3.42. The largest absolute Gasteiger partial charge is 0.283 e. The van der Waals surface area contributed by atoms with Crippen LogP contribution in [0.2, 0.25) is 0 Å². The van der Waals surface area contributed by atoms with Crippen molar-refractivity contribution in [2.45, 2.75) is 13.8 Å². The molecular formula is C15H14FNO. The Balaban J connectivity index is 2.52. The second-order valence-corrected chi connectivity index (χ2v) is 4.19. The standard InChI is InChI=1S/C15H14FNO/c1-11-4-3-5-12(2)15(11)17(10-18)14-8-6-13(16)7-9-14/h3-10H,1-2H3. The molecule has 0 saturated heterocycles. The third-order valence-corrected chi connectivity index (χ3v) is 2.89. The Labute approximate surface area is 106 Å². The number of carbonyl (C=O) groups excluding carboxylic acids is 1. The average Bonchev–Trinajstić information content (AvgIpc) is 2.35. The first-order valence-corrected chi connectivity index (χ1v) is 5.70. The number of benzene rings is 2. The molecule has 0 heterocycles. The van der Waals surface area contributed by atoms with E-state index in [1.54, 1.807) is 12.1 Å². The summed E-state index contributed by atoms with van der Waals surface area (Å²) in [5.41, 5.74) is 3.51. The van der Waals surface area contributed by atoms with Gasteiger partial charge in [0.1, 0.15) is 5.82 Å². The maximum atomic E-state index is 12.9. The first-order valence-electron chi connectivity index (χ1n) is 5.70. The van der Waals surface area contributed by atoms with Gasteiger partial charge in [0.15, 0.2) is 0 Å². The number of amides is 1. The van der Waals surface area contributed by atoms with Crippen LogP contribution >= 0.6 is 0 Å². The molecule has 0 bridgehead atoms. The number of halogens is 1. The van der Waals surface area contributed by atoms with Gasteiger partial charge in [-0.05, 0) is 49.2 Å². The quantitative estimate of drug-likeness (QED) is 0.752. The van der Waals surface area contributed by atoms with Crippen LogP contribution in [0, 0.1) is 19.7 Å². The van der Waals surface area contributed by atoms with Crippen LogP contribution in [-0.2, 0) is 4.79 Å². The smallest absolute Gasteiger partial charge is 0.218 e. The predicted molar refractivity (Wildman–Crippen MR) is 70.5 cm³/mol. The lowest BCUT2D eigenvalue weighted by Crippen LogP contribution is -2.16.